The number of amides is 1. The number of ether oxygens (including phenoxy) is 1. The highest BCUT2D eigenvalue weighted by Crippen LogP contribution is 2.44. The minimum Gasteiger partial charge on any atom is -0.497 e. The van der Waals surface area contributed by atoms with Crippen LogP contribution in [-0.4, -0.2) is 46.1 Å². The number of fused-ring (bicyclic) bond motifs is 2. The molecule has 4 rings (SSSR count). The largest absolute Gasteiger partial charge is 0.497 e. The van der Waals surface area contributed by atoms with Crippen LogP contribution < -0.4 is 10.3 Å². The fourth-order valence-corrected chi connectivity index (χ4v) is 4.51. The molecule has 1 unspecified atom stereocenters. The predicted molar refractivity (Wildman–Crippen MR) is 103 cm³/mol. The highest BCUT2D eigenvalue weighted by Gasteiger charge is 2.45. The Morgan fingerprint density at radius 1 is 1.25 bits per heavy atom. The summed E-state index contributed by atoms with van der Waals surface area (Å²) >= 11 is 0. The first-order chi connectivity index (χ1) is 13.4. The van der Waals surface area contributed by atoms with E-state index in [0.717, 1.165) is 36.9 Å². The minimum atomic E-state index is -1.18. The van der Waals surface area contributed by atoms with Crippen molar-refractivity contribution < 1.29 is 14.6 Å². The minimum absolute atomic E-state index is 0.0344. The number of benzene rings is 1. The lowest BCUT2D eigenvalue weighted by atomic mass is 9.76. The SMILES string of the molecule is COc1ccc(C(O)C(=O)N2CCC3(CCc4c3nc(C)[nH]c4=O)CC2)cc1. The highest BCUT2D eigenvalue weighted by atomic mass is 16.5. The molecule has 2 aromatic rings. The van der Waals surface area contributed by atoms with Gasteiger partial charge in [-0.15, -0.1) is 0 Å². The van der Waals surface area contributed by atoms with Gasteiger partial charge in [0.1, 0.15) is 11.6 Å². The lowest BCUT2D eigenvalue weighted by Gasteiger charge is -2.40. The Labute approximate surface area is 163 Å². The zero-order chi connectivity index (χ0) is 19.9. The zero-order valence-electron chi connectivity index (χ0n) is 16.2. The van der Waals surface area contributed by atoms with E-state index < -0.39 is 6.10 Å². The van der Waals surface area contributed by atoms with E-state index in [1.807, 2.05) is 0 Å². The van der Waals surface area contributed by atoms with Gasteiger partial charge in [-0.05, 0) is 50.3 Å². The molecule has 1 saturated heterocycles. The summed E-state index contributed by atoms with van der Waals surface area (Å²) < 4.78 is 5.12. The van der Waals surface area contributed by atoms with E-state index in [1.54, 1.807) is 43.2 Å². The number of H-pyrrole nitrogens is 1. The predicted octanol–water partition coefficient (Wildman–Crippen LogP) is 1.63. The molecule has 1 atom stereocenters. The van der Waals surface area contributed by atoms with Crippen LogP contribution in [0.1, 0.15) is 48.0 Å². The van der Waals surface area contributed by atoms with Crippen LogP contribution in [0.5, 0.6) is 5.75 Å². The van der Waals surface area contributed by atoms with Gasteiger partial charge < -0.3 is 19.7 Å². The summed E-state index contributed by atoms with van der Waals surface area (Å²) in [5, 5.41) is 10.5. The number of hydrogen-bond donors (Lipinski definition) is 2. The van der Waals surface area contributed by atoms with Crippen LogP contribution in [-0.2, 0) is 16.6 Å². The number of nitrogens with zero attached hydrogens (tertiary/aromatic N) is 2. The number of likely N-dealkylation sites (tertiary alicyclic amines) is 1. The van der Waals surface area contributed by atoms with E-state index in [1.165, 1.54) is 0 Å². The lowest BCUT2D eigenvalue weighted by molar-refractivity contribution is -0.142. The first-order valence-corrected chi connectivity index (χ1v) is 9.65. The summed E-state index contributed by atoms with van der Waals surface area (Å²) in [4.78, 5) is 34.2. The van der Waals surface area contributed by atoms with Crippen LogP contribution in [0.3, 0.4) is 0 Å². The third-order valence-electron chi connectivity index (χ3n) is 6.19. The molecule has 7 heteroatoms. The van der Waals surface area contributed by atoms with Gasteiger partial charge in [-0.1, -0.05) is 12.1 Å². The fraction of sp³-hybridized carbons (Fsp3) is 0.476. The summed E-state index contributed by atoms with van der Waals surface area (Å²) in [7, 11) is 1.57. The molecule has 1 spiro atoms. The van der Waals surface area contributed by atoms with Crippen molar-refractivity contribution in [3.05, 3.63) is 57.3 Å². The van der Waals surface area contributed by atoms with E-state index in [-0.39, 0.29) is 16.9 Å². The van der Waals surface area contributed by atoms with Crippen molar-refractivity contribution in [2.24, 2.45) is 0 Å². The Morgan fingerprint density at radius 2 is 1.93 bits per heavy atom. The molecule has 7 nitrogen and oxygen atoms in total. The average Bonchev–Trinajstić information content (AvgIpc) is 3.06. The van der Waals surface area contributed by atoms with Crippen molar-refractivity contribution >= 4 is 5.91 Å². The maximum atomic E-state index is 12.8. The molecule has 2 N–H and O–H groups in total. The number of rotatable bonds is 3. The second kappa shape index (κ2) is 7.05. The van der Waals surface area contributed by atoms with Gasteiger partial charge in [0, 0.05) is 24.1 Å². The third kappa shape index (κ3) is 3.09. The van der Waals surface area contributed by atoms with E-state index in [4.69, 9.17) is 4.74 Å². The molecule has 1 aromatic carbocycles. The first-order valence-electron chi connectivity index (χ1n) is 9.65. The monoisotopic (exact) mass is 383 g/mol. The van der Waals surface area contributed by atoms with Gasteiger partial charge in [0.2, 0.25) is 0 Å². The van der Waals surface area contributed by atoms with Crippen molar-refractivity contribution in [2.75, 3.05) is 20.2 Å². The molecule has 1 aromatic heterocycles. The number of aromatic amines is 1. The number of methoxy groups -OCH3 is 1. The van der Waals surface area contributed by atoms with Crippen LogP contribution in [0.4, 0.5) is 0 Å². The Kier molecular flexibility index (Phi) is 4.71. The molecule has 1 fully saturated rings. The normalized spacial score (nSPS) is 18.8. The molecule has 2 heterocycles. The van der Waals surface area contributed by atoms with Gasteiger partial charge in [-0.3, -0.25) is 9.59 Å². The first kappa shape index (κ1) is 18.7. The van der Waals surface area contributed by atoms with Crippen LogP contribution in [0.2, 0.25) is 0 Å². The van der Waals surface area contributed by atoms with Crippen LogP contribution in [0.25, 0.3) is 0 Å². The average molecular weight is 383 g/mol. The topological polar surface area (TPSA) is 95.5 Å². The van der Waals surface area contributed by atoms with Gasteiger partial charge in [-0.2, -0.15) is 0 Å². The molecule has 2 aliphatic rings. The number of aliphatic hydroxyl groups excluding tert-OH is 1. The summed E-state index contributed by atoms with van der Waals surface area (Å²) in [6.45, 7) is 2.91. The number of nitrogens with one attached hydrogen (secondary N) is 1. The molecule has 1 amide bonds. The lowest BCUT2D eigenvalue weighted by Crippen LogP contribution is -2.46. The van der Waals surface area contributed by atoms with Crippen molar-refractivity contribution in [1.82, 2.24) is 14.9 Å². The number of aryl methyl sites for hydroxylation is 1. The van der Waals surface area contributed by atoms with Crippen molar-refractivity contribution in [2.45, 2.75) is 44.1 Å². The van der Waals surface area contributed by atoms with Crippen LogP contribution in [0.15, 0.2) is 29.1 Å². The van der Waals surface area contributed by atoms with Crippen molar-refractivity contribution in [3.8, 4) is 5.75 Å². The van der Waals surface area contributed by atoms with E-state index in [0.29, 0.717) is 30.2 Å². The number of aromatic nitrogens is 2. The second-order valence-corrected chi connectivity index (χ2v) is 7.76. The Balaban J connectivity index is 1.47. The van der Waals surface area contributed by atoms with Crippen LogP contribution >= 0.6 is 0 Å². The fourth-order valence-electron chi connectivity index (χ4n) is 4.51. The van der Waals surface area contributed by atoms with E-state index in [2.05, 4.69) is 9.97 Å². The summed E-state index contributed by atoms with van der Waals surface area (Å²) in [6.07, 6.45) is 1.97. The molecular formula is C21H25N3O4. The highest BCUT2D eigenvalue weighted by molar-refractivity contribution is 5.82. The van der Waals surface area contributed by atoms with E-state index >= 15 is 0 Å². The number of aliphatic hydroxyl groups is 1. The molecule has 0 saturated carbocycles. The summed E-state index contributed by atoms with van der Waals surface area (Å²) in [6, 6.07) is 6.88. The van der Waals surface area contributed by atoms with Crippen LogP contribution in [0, 0.1) is 6.92 Å². The second-order valence-electron chi connectivity index (χ2n) is 7.76. The third-order valence-corrected chi connectivity index (χ3v) is 6.19. The Morgan fingerprint density at radius 3 is 2.57 bits per heavy atom. The van der Waals surface area contributed by atoms with E-state index in [9.17, 15) is 14.7 Å². The molecule has 1 aliphatic carbocycles. The molecule has 148 valence electrons. The number of carbonyl (C=O) groups excluding carboxylic acids is 1. The summed E-state index contributed by atoms with van der Waals surface area (Å²) in [5.74, 6) is 1.03. The molecule has 1 aliphatic heterocycles. The molecule has 0 bridgehead atoms. The van der Waals surface area contributed by atoms with Crippen molar-refractivity contribution in [1.29, 1.82) is 0 Å². The number of carbonyl (C=O) groups is 1. The van der Waals surface area contributed by atoms with Gasteiger partial charge in [-0.25, -0.2) is 4.98 Å². The van der Waals surface area contributed by atoms with Crippen molar-refractivity contribution in [3.63, 3.8) is 0 Å². The van der Waals surface area contributed by atoms with Gasteiger partial charge in [0.15, 0.2) is 6.10 Å². The summed E-state index contributed by atoms with van der Waals surface area (Å²) in [5.41, 5.74) is 2.10. The molecule has 0 radical (unpaired) electrons. The number of hydrogen-bond acceptors (Lipinski definition) is 5. The molecular weight excluding hydrogens is 358 g/mol. The Hall–Kier alpha value is -2.67. The number of piperidine rings is 1. The van der Waals surface area contributed by atoms with Gasteiger partial charge >= 0.3 is 0 Å². The smallest absolute Gasteiger partial charge is 0.256 e. The standard InChI is InChI=1S/C21H25N3O4/c1-13-22-18-16(19(26)23-13)7-8-21(18)9-11-24(12-10-21)20(27)17(25)14-3-5-15(28-2)6-4-14/h3-6,17,25H,7-12H2,1-2H3,(H,22,23,26). The quantitative estimate of drug-likeness (QED) is 0.840. The zero-order valence-corrected chi connectivity index (χ0v) is 16.2. The Bertz CT molecular complexity index is 943. The van der Waals surface area contributed by atoms with Gasteiger partial charge in [0.05, 0.1) is 12.8 Å². The van der Waals surface area contributed by atoms with Gasteiger partial charge in [0.25, 0.3) is 11.5 Å². The maximum absolute atomic E-state index is 12.8. The maximum Gasteiger partial charge on any atom is 0.256 e. The molecule has 28 heavy (non-hydrogen) atoms.